The monoisotopic (exact) mass is 270 g/mol. The van der Waals surface area contributed by atoms with Crippen LogP contribution in [-0.4, -0.2) is 73.0 Å². The predicted molar refractivity (Wildman–Crippen MR) is 77.3 cm³/mol. The van der Waals surface area contributed by atoms with E-state index in [2.05, 4.69) is 30.7 Å². The third kappa shape index (κ3) is 3.48. The maximum atomic E-state index is 9.82. The van der Waals surface area contributed by atoms with Gasteiger partial charge in [-0.2, -0.15) is 0 Å². The summed E-state index contributed by atoms with van der Waals surface area (Å²) in [4.78, 5) is 4.90. The highest BCUT2D eigenvalue weighted by molar-refractivity contribution is 4.96. The van der Waals surface area contributed by atoms with Gasteiger partial charge in [0.1, 0.15) is 0 Å². The fourth-order valence-electron chi connectivity index (χ4n) is 3.59. The molecule has 3 atom stereocenters. The Labute approximate surface area is 117 Å². The molecule has 1 N–H and O–H groups in total. The average molecular weight is 270 g/mol. The molecule has 2 fully saturated rings. The van der Waals surface area contributed by atoms with Crippen LogP contribution in [0.1, 0.15) is 33.1 Å². The molecule has 4 nitrogen and oxygen atoms in total. The van der Waals surface area contributed by atoms with Crippen molar-refractivity contribution in [3.63, 3.8) is 0 Å². The second-order valence-corrected chi connectivity index (χ2v) is 6.61. The van der Waals surface area contributed by atoms with Gasteiger partial charge in [-0.05, 0) is 39.2 Å². The van der Waals surface area contributed by atoms with Gasteiger partial charge in [0.05, 0.1) is 19.8 Å². The lowest BCUT2D eigenvalue weighted by Gasteiger charge is -2.40. The van der Waals surface area contributed by atoms with E-state index >= 15 is 0 Å². The molecule has 2 aliphatic rings. The minimum Gasteiger partial charge on any atom is -0.394 e. The molecule has 1 saturated heterocycles. The zero-order valence-corrected chi connectivity index (χ0v) is 12.8. The van der Waals surface area contributed by atoms with Crippen LogP contribution in [0.5, 0.6) is 0 Å². The van der Waals surface area contributed by atoms with E-state index in [0.717, 1.165) is 51.6 Å². The average Bonchev–Trinajstić information content (AvgIpc) is 2.80. The van der Waals surface area contributed by atoms with Gasteiger partial charge in [0.25, 0.3) is 0 Å². The van der Waals surface area contributed by atoms with Crippen molar-refractivity contribution >= 4 is 0 Å². The molecule has 0 spiro atoms. The molecule has 0 aromatic rings. The molecular weight excluding hydrogens is 240 g/mol. The lowest BCUT2D eigenvalue weighted by Crippen LogP contribution is -2.52. The largest absolute Gasteiger partial charge is 0.394 e. The van der Waals surface area contributed by atoms with Crippen molar-refractivity contribution in [3.05, 3.63) is 0 Å². The first-order valence-electron chi connectivity index (χ1n) is 7.71. The van der Waals surface area contributed by atoms with Crippen LogP contribution in [0.4, 0.5) is 0 Å². The van der Waals surface area contributed by atoms with Gasteiger partial charge in [-0.3, -0.25) is 9.80 Å². The van der Waals surface area contributed by atoms with E-state index in [-0.39, 0.29) is 5.54 Å². The number of hydrogen-bond donors (Lipinski definition) is 1. The lowest BCUT2D eigenvalue weighted by molar-refractivity contribution is -0.0137. The topological polar surface area (TPSA) is 35.9 Å². The minimum atomic E-state index is 0.0366. The summed E-state index contributed by atoms with van der Waals surface area (Å²) < 4.78 is 5.48. The molecule has 0 aromatic carbocycles. The number of ether oxygens (including phenoxy) is 1. The van der Waals surface area contributed by atoms with Crippen molar-refractivity contribution < 1.29 is 9.84 Å². The van der Waals surface area contributed by atoms with Crippen molar-refractivity contribution in [3.8, 4) is 0 Å². The number of nitrogens with zero attached hydrogens (tertiary/aromatic N) is 2. The first-order chi connectivity index (χ1) is 9.07. The van der Waals surface area contributed by atoms with Crippen LogP contribution in [0.25, 0.3) is 0 Å². The molecule has 1 aliphatic carbocycles. The number of aliphatic hydroxyl groups is 1. The van der Waals surface area contributed by atoms with E-state index in [9.17, 15) is 5.11 Å². The normalized spacial score (nSPS) is 37.1. The second kappa shape index (κ2) is 6.53. The molecule has 1 heterocycles. The Morgan fingerprint density at radius 1 is 1.42 bits per heavy atom. The molecule has 0 aromatic heterocycles. The molecule has 0 unspecified atom stereocenters. The minimum absolute atomic E-state index is 0.0366. The summed E-state index contributed by atoms with van der Waals surface area (Å²) in [6.45, 7) is 9.70. The van der Waals surface area contributed by atoms with Crippen LogP contribution in [0.3, 0.4) is 0 Å². The molecule has 0 radical (unpaired) electrons. The highest BCUT2D eigenvalue weighted by atomic mass is 16.5. The van der Waals surface area contributed by atoms with Gasteiger partial charge < -0.3 is 9.84 Å². The van der Waals surface area contributed by atoms with Gasteiger partial charge in [-0.1, -0.05) is 6.92 Å². The van der Waals surface area contributed by atoms with Crippen molar-refractivity contribution in [2.75, 3.05) is 46.5 Å². The van der Waals surface area contributed by atoms with E-state index in [1.807, 2.05) is 0 Å². The number of rotatable bonds is 5. The lowest BCUT2D eigenvalue weighted by atomic mass is 9.95. The molecule has 0 bridgehead atoms. The number of morpholine rings is 1. The maximum Gasteiger partial charge on any atom is 0.0619 e. The molecule has 19 heavy (non-hydrogen) atoms. The van der Waals surface area contributed by atoms with Crippen LogP contribution < -0.4 is 0 Å². The van der Waals surface area contributed by atoms with E-state index in [1.165, 1.54) is 6.42 Å². The first-order valence-corrected chi connectivity index (χ1v) is 7.71. The zero-order valence-electron chi connectivity index (χ0n) is 12.8. The van der Waals surface area contributed by atoms with Crippen LogP contribution in [-0.2, 0) is 4.74 Å². The van der Waals surface area contributed by atoms with E-state index < -0.39 is 0 Å². The number of aliphatic hydroxyl groups excluding tert-OH is 1. The fraction of sp³-hybridized carbons (Fsp3) is 1.00. The Balaban J connectivity index is 1.84. The smallest absolute Gasteiger partial charge is 0.0619 e. The van der Waals surface area contributed by atoms with Gasteiger partial charge in [-0.25, -0.2) is 0 Å². The number of hydrogen-bond acceptors (Lipinski definition) is 4. The molecule has 1 aliphatic heterocycles. The Hall–Kier alpha value is -0.160. The van der Waals surface area contributed by atoms with Crippen LogP contribution in [0.15, 0.2) is 0 Å². The molecule has 4 heteroatoms. The summed E-state index contributed by atoms with van der Waals surface area (Å²) in [5.74, 6) is 0.747. The van der Waals surface area contributed by atoms with Crippen molar-refractivity contribution in [1.82, 2.24) is 9.80 Å². The van der Waals surface area contributed by atoms with Gasteiger partial charge >= 0.3 is 0 Å². The van der Waals surface area contributed by atoms with E-state index in [1.54, 1.807) is 0 Å². The van der Waals surface area contributed by atoms with E-state index in [0.29, 0.717) is 12.6 Å². The molecule has 2 rings (SSSR count). The maximum absolute atomic E-state index is 9.82. The quantitative estimate of drug-likeness (QED) is 0.814. The van der Waals surface area contributed by atoms with Gasteiger partial charge in [0.2, 0.25) is 0 Å². The van der Waals surface area contributed by atoms with Crippen LogP contribution in [0.2, 0.25) is 0 Å². The van der Waals surface area contributed by atoms with Gasteiger partial charge in [-0.15, -0.1) is 0 Å². The highest BCUT2D eigenvalue weighted by Crippen LogP contribution is 2.37. The van der Waals surface area contributed by atoms with Crippen molar-refractivity contribution in [2.45, 2.75) is 44.7 Å². The predicted octanol–water partition coefficient (Wildman–Crippen LogP) is 1.19. The van der Waals surface area contributed by atoms with Crippen molar-refractivity contribution in [2.24, 2.45) is 5.92 Å². The molecule has 1 saturated carbocycles. The highest BCUT2D eigenvalue weighted by Gasteiger charge is 2.40. The van der Waals surface area contributed by atoms with Crippen molar-refractivity contribution in [1.29, 1.82) is 0 Å². The summed E-state index contributed by atoms with van der Waals surface area (Å²) in [7, 11) is 2.18. The Morgan fingerprint density at radius 2 is 2.21 bits per heavy atom. The van der Waals surface area contributed by atoms with Gasteiger partial charge in [0, 0.05) is 31.2 Å². The van der Waals surface area contributed by atoms with E-state index in [4.69, 9.17) is 4.74 Å². The van der Waals surface area contributed by atoms with Gasteiger partial charge in [0.15, 0.2) is 0 Å². The third-order valence-electron chi connectivity index (χ3n) is 5.16. The summed E-state index contributed by atoms with van der Waals surface area (Å²) in [5.41, 5.74) is 0.0366. The zero-order chi connectivity index (χ0) is 13.9. The summed E-state index contributed by atoms with van der Waals surface area (Å²) >= 11 is 0. The SMILES string of the molecule is C[C@@H]1CC[C@@](CO)(N(C)CCN2CCOC[C@H]2C)C1. The Bertz CT molecular complexity index is 287. The molecular formula is C15H30N2O2. The summed E-state index contributed by atoms with van der Waals surface area (Å²) in [6, 6.07) is 0.523. The Morgan fingerprint density at radius 3 is 2.79 bits per heavy atom. The second-order valence-electron chi connectivity index (χ2n) is 6.61. The standard InChI is InChI=1S/C15H30N2O2/c1-13-4-5-15(10-13,12-18)16(3)6-7-17-8-9-19-11-14(17)2/h13-14,18H,4-12H2,1-3H3/t13-,14-,15-/m1/s1. The Kier molecular flexibility index (Phi) is 5.23. The number of likely N-dealkylation sites (N-methyl/N-ethyl adjacent to an activating group) is 1. The third-order valence-corrected chi connectivity index (χ3v) is 5.16. The summed E-state index contributed by atoms with van der Waals surface area (Å²) in [6.07, 6.45) is 3.53. The molecule has 112 valence electrons. The molecule has 0 amide bonds. The summed E-state index contributed by atoms with van der Waals surface area (Å²) in [5, 5.41) is 9.82. The van der Waals surface area contributed by atoms with Crippen LogP contribution >= 0.6 is 0 Å². The first kappa shape index (κ1) is 15.2. The fourth-order valence-corrected chi connectivity index (χ4v) is 3.59. The van der Waals surface area contributed by atoms with Crippen LogP contribution in [0, 0.1) is 5.92 Å².